The molecule has 0 bridgehead atoms. The Kier molecular flexibility index (Phi) is 14.4. The fourth-order valence-corrected chi connectivity index (χ4v) is 8.83. The van der Waals surface area contributed by atoms with Crippen LogP contribution in [-0.2, 0) is 6.42 Å². The van der Waals surface area contributed by atoms with Gasteiger partial charge in [-0.1, -0.05) is 188 Å². The third kappa shape index (κ3) is 10.2. The third-order valence-electron chi connectivity index (χ3n) is 12.1. The second-order valence-corrected chi connectivity index (χ2v) is 17.0. The standard InChI is InChI=1S/C28H25N.C19H15N.C8H10.C7H9N3/c1-3-11-21-12-7-8-15-23(21)25-19-28-26(18-20(25)2)24-16-9-10-17-27(24)29(28)22-13-5-4-6-14-22;1-14-7-6-8-15(13-14)20-18-11-4-2-9-16(18)17-10-3-5-12-19(17)20;1-7-3-5-8(2)6-4-7;8-7(10-9)6-4-2-1-3-5-6/h4-10,12-19H,3,11H2,1-2H3;2-13H,1H3;3-6H,1-2H3;1-5H,9H2,(H2,8,10). The van der Waals surface area contributed by atoms with Gasteiger partial charge in [0.2, 0.25) is 0 Å². The lowest BCUT2D eigenvalue weighted by molar-refractivity contribution is 0.923. The Morgan fingerprint density at radius 1 is 0.418 bits per heavy atom. The molecule has 9 aromatic carbocycles. The van der Waals surface area contributed by atoms with E-state index in [1.807, 2.05) is 30.3 Å². The maximum absolute atomic E-state index is 5.42. The van der Waals surface area contributed by atoms with Crippen LogP contribution < -0.4 is 11.6 Å². The maximum Gasteiger partial charge on any atom is 0.150 e. The minimum absolute atomic E-state index is 0.362. The average molecular weight is 874 g/mol. The van der Waals surface area contributed by atoms with E-state index in [1.54, 1.807) is 0 Å². The van der Waals surface area contributed by atoms with Crippen molar-refractivity contribution in [3.63, 3.8) is 0 Å². The zero-order valence-corrected chi connectivity index (χ0v) is 39.2. The van der Waals surface area contributed by atoms with Gasteiger partial charge >= 0.3 is 0 Å². The minimum Gasteiger partial charge on any atom is -0.382 e. The second-order valence-electron chi connectivity index (χ2n) is 17.0. The van der Waals surface area contributed by atoms with Gasteiger partial charge in [-0.15, -0.1) is 0 Å². The highest BCUT2D eigenvalue weighted by Crippen LogP contribution is 2.38. The maximum atomic E-state index is 5.42. The molecule has 0 unspecified atom stereocenters. The second kappa shape index (κ2) is 21.2. The summed E-state index contributed by atoms with van der Waals surface area (Å²) < 4.78 is 4.74. The average Bonchev–Trinajstić information content (AvgIpc) is 3.88. The first-order chi connectivity index (χ1) is 32.7. The number of para-hydroxylation sites is 4. The number of benzene rings is 9. The van der Waals surface area contributed by atoms with Crippen LogP contribution in [0.15, 0.2) is 223 Å². The Hall–Kier alpha value is -8.15. The van der Waals surface area contributed by atoms with Crippen molar-refractivity contribution in [2.75, 3.05) is 0 Å². The number of nitrogens with two attached hydrogens (primary N) is 2. The molecule has 0 spiro atoms. The van der Waals surface area contributed by atoms with E-state index in [-0.39, 0.29) is 0 Å². The highest BCUT2D eigenvalue weighted by Gasteiger charge is 2.16. The zero-order valence-electron chi connectivity index (χ0n) is 39.2. The summed E-state index contributed by atoms with van der Waals surface area (Å²) >= 11 is 0. The molecule has 2 aromatic heterocycles. The Labute approximate surface area is 395 Å². The molecule has 0 atom stereocenters. The largest absolute Gasteiger partial charge is 0.382 e. The van der Waals surface area contributed by atoms with Crippen molar-refractivity contribution in [3.05, 3.63) is 252 Å². The molecule has 5 heteroatoms. The lowest BCUT2D eigenvalue weighted by Crippen LogP contribution is -2.14. The first-order valence-corrected chi connectivity index (χ1v) is 23.1. The lowest BCUT2D eigenvalue weighted by atomic mass is 9.93. The number of fused-ring (bicyclic) bond motifs is 6. The molecule has 11 rings (SSSR count). The predicted molar refractivity (Wildman–Crippen MR) is 288 cm³/mol. The van der Waals surface area contributed by atoms with Gasteiger partial charge in [-0.25, -0.2) is 0 Å². The summed E-state index contributed by atoms with van der Waals surface area (Å²) in [6.07, 6.45) is 2.26. The summed E-state index contributed by atoms with van der Waals surface area (Å²) in [6, 6.07) is 76.8. The van der Waals surface area contributed by atoms with Crippen LogP contribution in [0.2, 0.25) is 0 Å². The number of hydrogen-bond donors (Lipinski definition) is 2. The molecule has 0 saturated carbocycles. The van der Waals surface area contributed by atoms with Crippen LogP contribution in [0.25, 0.3) is 66.1 Å². The number of hydrogen-bond acceptors (Lipinski definition) is 2. The van der Waals surface area contributed by atoms with Gasteiger partial charge in [0, 0.05) is 38.5 Å². The normalized spacial score (nSPS) is 11.1. The molecule has 0 aliphatic rings. The highest BCUT2D eigenvalue weighted by atomic mass is 15.2. The summed E-state index contributed by atoms with van der Waals surface area (Å²) in [4.78, 5) is 0. The topological polar surface area (TPSA) is 74.3 Å². The molecular formula is C62H59N5. The van der Waals surface area contributed by atoms with E-state index < -0.39 is 0 Å². The van der Waals surface area contributed by atoms with Gasteiger partial charge in [-0.3, -0.25) is 0 Å². The molecule has 332 valence electrons. The molecule has 0 radical (unpaired) electrons. The van der Waals surface area contributed by atoms with Gasteiger partial charge in [0.15, 0.2) is 0 Å². The number of rotatable bonds is 6. The van der Waals surface area contributed by atoms with E-state index in [0.29, 0.717) is 5.84 Å². The predicted octanol–water partition coefficient (Wildman–Crippen LogP) is 15.4. The van der Waals surface area contributed by atoms with Gasteiger partial charge in [0.05, 0.1) is 22.1 Å². The molecule has 0 saturated heterocycles. The summed E-state index contributed by atoms with van der Waals surface area (Å²) in [5, 5.41) is 8.60. The first-order valence-electron chi connectivity index (χ1n) is 23.1. The van der Waals surface area contributed by atoms with Crippen molar-refractivity contribution < 1.29 is 0 Å². The summed E-state index contributed by atoms with van der Waals surface area (Å²) in [5.74, 6) is 5.33. The van der Waals surface area contributed by atoms with Crippen LogP contribution in [0.5, 0.6) is 0 Å². The van der Waals surface area contributed by atoms with Gasteiger partial charge in [0.1, 0.15) is 5.84 Å². The number of nitrogens with zero attached hydrogens (tertiary/aromatic N) is 3. The van der Waals surface area contributed by atoms with Crippen molar-refractivity contribution >= 4 is 49.4 Å². The lowest BCUT2D eigenvalue weighted by Gasteiger charge is -2.14. The van der Waals surface area contributed by atoms with Crippen LogP contribution >= 0.6 is 0 Å². The van der Waals surface area contributed by atoms with Crippen LogP contribution in [-0.4, -0.2) is 15.0 Å². The van der Waals surface area contributed by atoms with Crippen LogP contribution in [0.3, 0.4) is 0 Å². The smallest absolute Gasteiger partial charge is 0.150 e. The zero-order chi connectivity index (χ0) is 46.7. The first kappa shape index (κ1) is 45.4. The van der Waals surface area contributed by atoms with Crippen molar-refractivity contribution in [1.82, 2.24) is 9.13 Å². The van der Waals surface area contributed by atoms with Crippen LogP contribution in [0, 0.1) is 27.7 Å². The van der Waals surface area contributed by atoms with Gasteiger partial charge < -0.3 is 20.7 Å². The quantitative estimate of drug-likeness (QED) is 0.0756. The van der Waals surface area contributed by atoms with Crippen LogP contribution in [0.4, 0.5) is 0 Å². The molecule has 0 aliphatic carbocycles. The summed E-state index contributed by atoms with van der Waals surface area (Å²) in [6.45, 7) is 10.8. The van der Waals surface area contributed by atoms with E-state index in [1.165, 1.54) is 93.9 Å². The van der Waals surface area contributed by atoms with E-state index in [9.17, 15) is 0 Å². The summed E-state index contributed by atoms with van der Waals surface area (Å²) in [7, 11) is 0. The molecular weight excluding hydrogens is 815 g/mol. The molecule has 0 amide bonds. The molecule has 5 nitrogen and oxygen atoms in total. The van der Waals surface area contributed by atoms with E-state index >= 15 is 0 Å². The van der Waals surface area contributed by atoms with Crippen LogP contribution in [0.1, 0.15) is 46.7 Å². The number of aromatic nitrogens is 2. The Morgan fingerprint density at radius 3 is 1.45 bits per heavy atom. The summed E-state index contributed by atoms with van der Waals surface area (Å²) in [5.41, 5.74) is 23.1. The molecule has 0 aliphatic heterocycles. The third-order valence-corrected chi connectivity index (χ3v) is 12.1. The van der Waals surface area contributed by atoms with Crippen molar-refractivity contribution in [2.24, 2.45) is 16.7 Å². The van der Waals surface area contributed by atoms with Crippen molar-refractivity contribution in [3.8, 4) is 22.5 Å². The number of hydrazone groups is 1. The molecule has 4 N–H and O–H groups in total. The SMILES string of the molecule is CCCc1ccccc1-c1cc2c(cc1C)c1ccccc1n2-c1ccccc1.Cc1ccc(C)cc1.Cc1cccc(-n2c3ccccc3c3ccccc32)c1.N/N=C(\N)c1ccccc1. The number of aryl methyl sites for hydroxylation is 5. The van der Waals surface area contributed by atoms with Crippen molar-refractivity contribution in [2.45, 2.75) is 47.5 Å². The molecule has 0 fully saturated rings. The molecule has 11 aromatic rings. The Bertz CT molecular complexity index is 3340. The van der Waals surface area contributed by atoms with Gasteiger partial charge in [-0.2, -0.15) is 5.10 Å². The molecule has 2 heterocycles. The molecule has 67 heavy (non-hydrogen) atoms. The Balaban J connectivity index is 0.000000137. The van der Waals surface area contributed by atoms with E-state index in [0.717, 1.165) is 18.4 Å². The van der Waals surface area contributed by atoms with Gasteiger partial charge in [-0.05, 0) is 117 Å². The highest BCUT2D eigenvalue weighted by molar-refractivity contribution is 6.11. The fourth-order valence-electron chi connectivity index (χ4n) is 8.83. The minimum atomic E-state index is 0.362. The van der Waals surface area contributed by atoms with Gasteiger partial charge in [0.25, 0.3) is 0 Å². The van der Waals surface area contributed by atoms with Crippen molar-refractivity contribution in [1.29, 1.82) is 0 Å². The van der Waals surface area contributed by atoms with E-state index in [2.05, 4.69) is 237 Å². The monoisotopic (exact) mass is 873 g/mol. The number of amidine groups is 1. The fraction of sp³-hybridized carbons (Fsp3) is 0.113. The Morgan fingerprint density at radius 2 is 0.896 bits per heavy atom. The van der Waals surface area contributed by atoms with E-state index in [4.69, 9.17) is 11.6 Å².